The Bertz CT molecular complexity index is 1030. The van der Waals surface area contributed by atoms with Gasteiger partial charge in [-0.05, 0) is 46.9 Å². The number of hydrogen-bond acceptors (Lipinski definition) is 4. The first kappa shape index (κ1) is 19.6. The molecule has 0 spiro atoms. The maximum atomic E-state index is 13.9. The van der Waals surface area contributed by atoms with E-state index >= 15 is 0 Å². The molecule has 4 nitrogen and oxygen atoms in total. The molecule has 26 heavy (non-hydrogen) atoms. The fraction of sp³-hybridized carbons (Fsp3) is 0.211. The van der Waals surface area contributed by atoms with Gasteiger partial charge in [0.05, 0.1) is 0 Å². The fourth-order valence-corrected chi connectivity index (χ4v) is 3.59. The van der Waals surface area contributed by atoms with Gasteiger partial charge >= 0.3 is 0 Å². The topological polar surface area (TPSA) is 78.2 Å². The molecule has 0 aliphatic rings. The second-order valence-electron chi connectivity index (χ2n) is 6.73. The van der Waals surface area contributed by atoms with Crippen LogP contribution in [-0.2, 0) is 15.3 Å². The SMILES string of the molecule is CC(C)(C)c1cc(/C=C(/C#N)S(=O)(=O)c2ccc(F)cc2F)ccc1O. The summed E-state index contributed by atoms with van der Waals surface area (Å²) in [6.45, 7) is 5.60. The predicted molar refractivity (Wildman–Crippen MR) is 93.9 cm³/mol. The zero-order chi connectivity index (χ0) is 19.7. The smallest absolute Gasteiger partial charge is 0.219 e. The Balaban J connectivity index is 2.60. The molecule has 2 aromatic carbocycles. The third-order valence-corrected chi connectivity index (χ3v) is 5.41. The van der Waals surface area contributed by atoms with Crippen molar-refractivity contribution < 1.29 is 22.3 Å². The summed E-state index contributed by atoms with van der Waals surface area (Å²) < 4.78 is 52.0. The summed E-state index contributed by atoms with van der Waals surface area (Å²) in [5, 5.41) is 19.2. The number of rotatable bonds is 3. The summed E-state index contributed by atoms with van der Waals surface area (Å²) in [6, 6.07) is 7.98. The van der Waals surface area contributed by atoms with Crippen LogP contribution in [0.25, 0.3) is 6.08 Å². The molecule has 0 saturated heterocycles. The highest BCUT2D eigenvalue weighted by atomic mass is 32.2. The standard InChI is InChI=1S/C19H17F2NO3S/c1-19(2,3)15-9-12(4-6-17(15)23)8-14(11-22)26(24,25)18-7-5-13(20)10-16(18)21/h4-10,23H,1-3H3/b14-8-. The molecule has 0 aliphatic heterocycles. The Labute approximate surface area is 150 Å². The molecule has 0 amide bonds. The number of nitriles is 1. The number of nitrogens with zero attached hydrogens (tertiary/aromatic N) is 1. The lowest BCUT2D eigenvalue weighted by atomic mass is 9.85. The van der Waals surface area contributed by atoms with Crippen LogP contribution in [0, 0.1) is 23.0 Å². The quantitative estimate of drug-likeness (QED) is 0.639. The van der Waals surface area contributed by atoms with Crippen molar-refractivity contribution in [1.82, 2.24) is 0 Å². The molecule has 0 aliphatic carbocycles. The van der Waals surface area contributed by atoms with Crippen LogP contribution in [0.4, 0.5) is 8.78 Å². The first-order chi connectivity index (χ1) is 12.0. The van der Waals surface area contributed by atoms with E-state index in [4.69, 9.17) is 0 Å². The van der Waals surface area contributed by atoms with E-state index in [9.17, 15) is 27.6 Å². The molecule has 0 bridgehead atoms. The van der Waals surface area contributed by atoms with Crippen molar-refractivity contribution in [3.05, 3.63) is 64.1 Å². The lowest BCUT2D eigenvalue weighted by Crippen LogP contribution is -2.11. The van der Waals surface area contributed by atoms with Gasteiger partial charge in [0.25, 0.3) is 0 Å². The van der Waals surface area contributed by atoms with Crippen molar-refractivity contribution >= 4 is 15.9 Å². The maximum absolute atomic E-state index is 13.9. The van der Waals surface area contributed by atoms with Gasteiger partial charge in [0.2, 0.25) is 9.84 Å². The minimum atomic E-state index is -4.46. The minimum Gasteiger partial charge on any atom is -0.508 e. The second-order valence-corrected chi connectivity index (χ2v) is 8.61. The highest BCUT2D eigenvalue weighted by molar-refractivity contribution is 7.95. The second kappa shape index (κ2) is 6.89. The molecule has 0 radical (unpaired) electrons. The Morgan fingerprint density at radius 2 is 1.81 bits per heavy atom. The van der Waals surface area contributed by atoms with Gasteiger partial charge in [-0.15, -0.1) is 0 Å². The first-order valence-electron chi connectivity index (χ1n) is 7.62. The Hall–Kier alpha value is -2.72. The number of sulfone groups is 1. The lowest BCUT2D eigenvalue weighted by Gasteiger charge is -2.20. The van der Waals surface area contributed by atoms with Gasteiger partial charge in [0.15, 0.2) is 0 Å². The monoisotopic (exact) mass is 377 g/mol. The Morgan fingerprint density at radius 1 is 1.15 bits per heavy atom. The molecule has 0 aromatic heterocycles. The number of phenolic OH excluding ortho intramolecular Hbond substituents is 1. The molecule has 0 atom stereocenters. The molecule has 7 heteroatoms. The van der Waals surface area contributed by atoms with Crippen molar-refractivity contribution in [3.8, 4) is 11.8 Å². The van der Waals surface area contributed by atoms with Gasteiger partial charge in [-0.25, -0.2) is 17.2 Å². The van der Waals surface area contributed by atoms with Gasteiger partial charge in [-0.3, -0.25) is 0 Å². The number of hydrogen-bond donors (Lipinski definition) is 1. The third-order valence-electron chi connectivity index (χ3n) is 3.71. The highest BCUT2D eigenvalue weighted by Crippen LogP contribution is 2.32. The molecule has 0 unspecified atom stereocenters. The molecular weight excluding hydrogens is 360 g/mol. The molecule has 0 saturated carbocycles. The average Bonchev–Trinajstić information content (AvgIpc) is 2.52. The minimum absolute atomic E-state index is 0.0422. The van der Waals surface area contributed by atoms with Crippen LogP contribution in [0.3, 0.4) is 0 Å². The van der Waals surface area contributed by atoms with Crippen LogP contribution < -0.4 is 0 Å². The molecule has 2 aromatic rings. The van der Waals surface area contributed by atoms with Crippen LogP contribution in [0.2, 0.25) is 0 Å². The van der Waals surface area contributed by atoms with E-state index in [2.05, 4.69) is 0 Å². The highest BCUT2D eigenvalue weighted by Gasteiger charge is 2.25. The number of benzene rings is 2. The van der Waals surface area contributed by atoms with Gasteiger partial charge in [-0.2, -0.15) is 5.26 Å². The first-order valence-corrected chi connectivity index (χ1v) is 9.10. The average molecular weight is 377 g/mol. The number of halogens is 2. The summed E-state index contributed by atoms with van der Waals surface area (Å²) >= 11 is 0. The molecular formula is C19H17F2NO3S. The van der Waals surface area contributed by atoms with Crippen LogP contribution in [0.5, 0.6) is 5.75 Å². The van der Waals surface area contributed by atoms with Crippen LogP contribution >= 0.6 is 0 Å². The predicted octanol–water partition coefficient (Wildman–Crippen LogP) is 4.31. The summed E-state index contributed by atoms with van der Waals surface area (Å²) in [6.07, 6.45) is 1.09. The van der Waals surface area contributed by atoms with Gasteiger partial charge < -0.3 is 5.11 Å². The van der Waals surface area contributed by atoms with Gasteiger partial charge in [0, 0.05) is 6.07 Å². The van der Waals surface area contributed by atoms with Gasteiger partial charge in [0.1, 0.15) is 33.3 Å². The maximum Gasteiger partial charge on any atom is 0.219 e. The summed E-state index contributed by atoms with van der Waals surface area (Å²) in [4.78, 5) is -1.46. The van der Waals surface area contributed by atoms with E-state index < -0.39 is 36.7 Å². The normalized spacial score (nSPS) is 12.7. The molecule has 136 valence electrons. The molecule has 1 N–H and O–H groups in total. The van der Waals surface area contributed by atoms with E-state index in [0.717, 1.165) is 18.2 Å². The van der Waals surface area contributed by atoms with Gasteiger partial charge in [-0.1, -0.05) is 26.8 Å². The Morgan fingerprint density at radius 3 is 2.35 bits per heavy atom. The largest absolute Gasteiger partial charge is 0.508 e. The van der Waals surface area contributed by atoms with Crippen molar-refractivity contribution in [1.29, 1.82) is 5.26 Å². The van der Waals surface area contributed by atoms with Crippen molar-refractivity contribution in [2.75, 3.05) is 0 Å². The Kier molecular flexibility index (Phi) is 5.19. The molecule has 2 rings (SSSR count). The van der Waals surface area contributed by atoms with E-state index in [1.54, 1.807) is 12.1 Å². The van der Waals surface area contributed by atoms with Crippen LogP contribution in [-0.4, -0.2) is 13.5 Å². The van der Waals surface area contributed by atoms with Crippen molar-refractivity contribution in [2.24, 2.45) is 0 Å². The van der Waals surface area contributed by atoms with Crippen molar-refractivity contribution in [2.45, 2.75) is 31.1 Å². The fourth-order valence-electron chi connectivity index (χ4n) is 2.38. The summed E-state index contributed by atoms with van der Waals surface area (Å²) in [5.41, 5.74) is 0.507. The number of aromatic hydroxyl groups is 1. The van der Waals surface area contributed by atoms with E-state index in [0.29, 0.717) is 17.2 Å². The van der Waals surface area contributed by atoms with Crippen molar-refractivity contribution in [3.63, 3.8) is 0 Å². The third kappa shape index (κ3) is 3.92. The number of allylic oxidation sites excluding steroid dienone is 1. The zero-order valence-electron chi connectivity index (χ0n) is 14.4. The zero-order valence-corrected chi connectivity index (χ0v) is 15.2. The summed E-state index contributed by atoms with van der Waals surface area (Å²) in [5.74, 6) is -2.15. The number of phenols is 1. The molecule has 0 heterocycles. The van der Waals surface area contributed by atoms with E-state index in [-0.39, 0.29) is 5.75 Å². The van der Waals surface area contributed by atoms with E-state index in [1.807, 2.05) is 20.8 Å². The molecule has 0 fully saturated rings. The summed E-state index contributed by atoms with van der Waals surface area (Å²) in [7, 11) is -4.46. The van der Waals surface area contributed by atoms with Crippen LogP contribution in [0.1, 0.15) is 31.9 Å². The lowest BCUT2D eigenvalue weighted by molar-refractivity contribution is 0.446. The van der Waals surface area contributed by atoms with Crippen LogP contribution in [0.15, 0.2) is 46.2 Å². The van der Waals surface area contributed by atoms with E-state index in [1.165, 1.54) is 12.1 Å².